The molecule has 1 rings (SSSR count). The molecule has 110 valence electrons. The molecule has 19 heavy (non-hydrogen) atoms. The van der Waals surface area contributed by atoms with Crippen molar-refractivity contribution in [2.75, 3.05) is 27.2 Å². The highest BCUT2D eigenvalue weighted by atomic mass is 79.9. The summed E-state index contributed by atoms with van der Waals surface area (Å²) in [6.45, 7) is 4.86. The molecule has 0 amide bonds. The van der Waals surface area contributed by atoms with Crippen LogP contribution in [0.15, 0.2) is 14.1 Å². The first-order chi connectivity index (χ1) is 8.70. The molecule has 0 N–H and O–H groups in total. The molecule has 4 nitrogen and oxygen atoms in total. The summed E-state index contributed by atoms with van der Waals surface area (Å²) in [4.78, 5) is 1.97. The molecule has 0 saturated carbocycles. The van der Waals surface area contributed by atoms with Gasteiger partial charge in [-0.3, -0.25) is 0 Å². The van der Waals surface area contributed by atoms with Gasteiger partial charge in [-0.2, -0.15) is 4.31 Å². The second kappa shape index (κ2) is 6.87. The fourth-order valence-electron chi connectivity index (χ4n) is 1.91. The number of nitrogens with zero attached hydrogens (tertiary/aromatic N) is 2. The van der Waals surface area contributed by atoms with Crippen LogP contribution in [0.5, 0.6) is 0 Å². The van der Waals surface area contributed by atoms with Gasteiger partial charge in [0.2, 0.25) is 0 Å². The molecular formula is C11H18BrClN2O2S2. The standard InChI is InChI=1S/C11H18BrClN2O2S2/c1-5-15(8(2)7-14(3)4)19(16,17)10-6-9(13)11(12)18-10/h6,8H,5,7H2,1-4H3. The van der Waals surface area contributed by atoms with E-state index in [2.05, 4.69) is 15.9 Å². The molecule has 0 saturated heterocycles. The Morgan fingerprint density at radius 2 is 2.05 bits per heavy atom. The molecule has 1 unspecified atom stereocenters. The third-order valence-electron chi connectivity index (χ3n) is 2.62. The van der Waals surface area contributed by atoms with E-state index in [0.29, 0.717) is 21.9 Å². The van der Waals surface area contributed by atoms with Gasteiger partial charge >= 0.3 is 0 Å². The number of halogens is 2. The highest BCUT2D eigenvalue weighted by molar-refractivity contribution is 9.11. The average Bonchev–Trinajstić information content (AvgIpc) is 2.59. The van der Waals surface area contributed by atoms with Crippen LogP contribution >= 0.6 is 38.9 Å². The Morgan fingerprint density at radius 3 is 2.42 bits per heavy atom. The number of hydrogen-bond acceptors (Lipinski definition) is 4. The minimum absolute atomic E-state index is 0.0929. The van der Waals surface area contributed by atoms with Gasteiger partial charge in [-0.15, -0.1) is 11.3 Å². The predicted octanol–water partition coefficient (Wildman–Crippen LogP) is 3.12. The summed E-state index contributed by atoms with van der Waals surface area (Å²) in [7, 11) is 0.365. The van der Waals surface area contributed by atoms with Crippen molar-refractivity contribution in [2.45, 2.75) is 24.1 Å². The molecule has 1 atom stereocenters. The highest BCUT2D eigenvalue weighted by Gasteiger charge is 2.30. The molecule has 1 heterocycles. The van der Waals surface area contributed by atoms with Crippen LogP contribution in [0.3, 0.4) is 0 Å². The molecular weight excluding hydrogens is 372 g/mol. The summed E-state index contributed by atoms with van der Waals surface area (Å²) >= 11 is 10.3. The number of thiophene rings is 1. The Labute approximate surface area is 132 Å². The fraction of sp³-hybridized carbons (Fsp3) is 0.636. The second-order valence-corrected chi connectivity index (χ2v) is 9.40. The lowest BCUT2D eigenvalue weighted by atomic mass is 10.3. The van der Waals surface area contributed by atoms with Crippen LogP contribution in [-0.4, -0.2) is 50.8 Å². The minimum atomic E-state index is -3.49. The van der Waals surface area contributed by atoms with Crippen LogP contribution in [0.1, 0.15) is 13.8 Å². The van der Waals surface area contributed by atoms with Crippen molar-refractivity contribution in [3.8, 4) is 0 Å². The molecule has 0 aliphatic rings. The minimum Gasteiger partial charge on any atom is -0.308 e. The zero-order chi connectivity index (χ0) is 14.8. The molecule has 1 aromatic heterocycles. The normalized spacial score (nSPS) is 14.3. The van der Waals surface area contributed by atoms with Gasteiger partial charge in [-0.1, -0.05) is 18.5 Å². The second-order valence-electron chi connectivity index (χ2n) is 4.51. The number of likely N-dealkylation sites (N-methyl/N-ethyl adjacent to an activating group) is 2. The third kappa shape index (κ3) is 4.15. The molecule has 0 bridgehead atoms. The van der Waals surface area contributed by atoms with Gasteiger partial charge in [0.1, 0.15) is 4.21 Å². The van der Waals surface area contributed by atoms with E-state index in [9.17, 15) is 8.42 Å². The fourth-order valence-corrected chi connectivity index (χ4v) is 6.07. The van der Waals surface area contributed by atoms with Crippen LogP contribution in [-0.2, 0) is 10.0 Å². The molecule has 0 radical (unpaired) electrons. The number of rotatable bonds is 6. The van der Waals surface area contributed by atoms with Gasteiger partial charge in [-0.25, -0.2) is 8.42 Å². The number of hydrogen-bond donors (Lipinski definition) is 0. The third-order valence-corrected chi connectivity index (χ3v) is 7.63. The molecule has 0 aromatic carbocycles. The predicted molar refractivity (Wildman–Crippen MR) is 84.6 cm³/mol. The van der Waals surface area contributed by atoms with Gasteiger partial charge in [0.25, 0.3) is 10.0 Å². The maximum atomic E-state index is 12.6. The topological polar surface area (TPSA) is 40.6 Å². The average molecular weight is 390 g/mol. The highest BCUT2D eigenvalue weighted by Crippen LogP contribution is 2.36. The Bertz CT molecular complexity index is 511. The zero-order valence-electron chi connectivity index (χ0n) is 11.4. The Kier molecular flexibility index (Phi) is 6.28. The van der Waals surface area contributed by atoms with Crippen molar-refractivity contribution < 1.29 is 8.42 Å². The van der Waals surface area contributed by atoms with Crippen molar-refractivity contribution in [1.82, 2.24) is 9.21 Å². The van der Waals surface area contributed by atoms with Gasteiger partial charge in [-0.05, 0) is 43.0 Å². The van der Waals surface area contributed by atoms with Gasteiger partial charge in [0, 0.05) is 19.1 Å². The molecule has 0 spiro atoms. The summed E-state index contributed by atoms with van der Waals surface area (Å²) in [5.74, 6) is 0. The molecule has 0 aliphatic carbocycles. The molecule has 0 aliphatic heterocycles. The van der Waals surface area contributed by atoms with E-state index in [-0.39, 0.29) is 10.3 Å². The van der Waals surface area contributed by atoms with Gasteiger partial charge < -0.3 is 4.90 Å². The Morgan fingerprint density at radius 1 is 1.47 bits per heavy atom. The maximum Gasteiger partial charge on any atom is 0.252 e. The van der Waals surface area contributed by atoms with E-state index < -0.39 is 10.0 Å². The van der Waals surface area contributed by atoms with Crippen LogP contribution in [0.25, 0.3) is 0 Å². The monoisotopic (exact) mass is 388 g/mol. The summed E-state index contributed by atoms with van der Waals surface area (Å²) in [5, 5.41) is 0.430. The van der Waals surface area contributed by atoms with Gasteiger partial charge in [0.15, 0.2) is 0 Å². The van der Waals surface area contributed by atoms with Gasteiger partial charge in [0.05, 0.1) is 8.81 Å². The smallest absolute Gasteiger partial charge is 0.252 e. The largest absolute Gasteiger partial charge is 0.308 e. The molecule has 8 heteroatoms. The van der Waals surface area contributed by atoms with E-state index in [1.54, 1.807) is 0 Å². The first-order valence-corrected chi connectivity index (χ1v) is 9.24. The summed E-state index contributed by atoms with van der Waals surface area (Å²) in [5.41, 5.74) is 0. The maximum absolute atomic E-state index is 12.6. The SMILES string of the molecule is CCN(C(C)CN(C)C)S(=O)(=O)c1cc(Cl)c(Br)s1. The Hall–Kier alpha value is 0.340. The molecule has 0 fully saturated rings. The van der Waals surface area contributed by atoms with Crippen LogP contribution in [0.4, 0.5) is 0 Å². The van der Waals surface area contributed by atoms with Crippen molar-refractivity contribution in [1.29, 1.82) is 0 Å². The van der Waals surface area contributed by atoms with Crippen molar-refractivity contribution in [3.63, 3.8) is 0 Å². The van der Waals surface area contributed by atoms with Crippen LogP contribution in [0.2, 0.25) is 5.02 Å². The summed E-state index contributed by atoms with van der Waals surface area (Å²) in [6, 6.07) is 1.40. The summed E-state index contributed by atoms with van der Waals surface area (Å²) < 4.78 is 27.6. The lowest BCUT2D eigenvalue weighted by molar-refractivity contribution is 0.272. The van der Waals surface area contributed by atoms with E-state index >= 15 is 0 Å². The zero-order valence-corrected chi connectivity index (χ0v) is 15.3. The van der Waals surface area contributed by atoms with E-state index in [4.69, 9.17) is 11.6 Å². The van der Waals surface area contributed by atoms with Crippen molar-refractivity contribution in [2.24, 2.45) is 0 Å². The Balaban J connectivity index is 3.08. The lowest BCUT2D eigenvalue weighted by Gasteiger charge is -2.28. The van der Waals surface area contributed by atoms with Crippen molar-refractivity contribution >= 4 is 48.9 Å². The van der Waals surface area contributed by atoms with E-state index in [1.807, 2.05) is 32.8 Å². The molecule has 1 aromatic rings. The lowest BCUT2D eigenvalue weighted by Crippen LogP contribution is -2.43. The van der Waals surface area contributed by atoms with E-state index in [1.165, 1.54) is 10.4 Å². The van der Waals surface area contributed by atoms with Crippen LogP contribution < -0.4 is 0 Å². The van der Waals surface area contributed by atoms with Crippen molar-refractivity contribution in [3.05, 3.63) is 14.9 Å². The first kappa shape index (κ1) is 17.4. The van der Waals surface area contributed by atoms with E-state index in [0.717, 1.165) is 11.3 Å². The number of sulfonamides is 1. The summed E-state index contributed by atoms with van der Waals surface area (Å²) in [6.07, 6.45) is 0. The quantitative estimate of drug-likeness (QED) is 0.750. The van der Waals surface area contributed by atoms with Crippen LogP contribution in [0, 0.1) is 0 Å². The first-order valence-electron chi connectivity index (χ1n) is 5.81.